The molecule has 0 radical (unpaired) electrons. The summed E-state index contributed by atoms with van der Waals surface area (Å²) in [6, 6.07) is 8.11. The van der Waals surface area contributed by atoms with Gasteiger partial charge in [-0.1, -0.05) is 45.9 Å². The third-order valence-electron chi connectivity index (χ3n) is 2.38. The molecule has 0 aliphatic heterocycles. The van der Waals surface area contributed by atoms with Crippen molar-refractivity contribution in [3.63, 3.8) is 0 Å². The number of nitrogens with two attached hydrogens (primary N) is 1. The van der Waals surface area contributed by atoms with E-state index in [0.717, 1.165) is 9.63 Å². The van der Waals surface area contributed by atoms with Gasteiger partial charge in [0.25, 0.3) is 0 Å². The highest BCUT2D eigenvalue weighted by molar-refractivity contribution is 9.10. The van der Waals surface area contributed by atoms with Gasteiger partial charge >= 0.3 is 0 Å². The van der Waals surface area contributed by atoms with E-state index in [1.165, 1.54) is 5.56 Å². The third kappa shape index (κ3) is 2.88. The summed E-state index contributed by atoms with van der Waals surface area (Å²) in [7, 11) is 1.88. The van der Waals surface area contributed by atoms with Crippen molar-refractivity contribution in [1.82, 2.24) is 14.8 Å². The fourth-order valence-electron chi connectivity index (χ4n) is 1.49. The molecule has 0 aliphatic rings. The van der Waals surface area contributed by atoms with Crippen LogP contribution in [0.1, 0.15) is 10.8 Å². The number of aryl methyl sites for hydroxylation is 1. The van der Waals surface area contributed by atoms with Crippen LogP contribution in [0.4, 0.5) is 0 Å². The maximum Gasteiger partial charge on any atom is 0.186 e. The summed E-state index contributed by atoms with van der Waals surface area (Å²) in [4.78, 5) is 4.20. The molecule has 1 aromatic carbocycles. The number of halogens is 1. The van der Waals surface area contributed by atoms with E-state index >= 15 is 0 Å². The third-order valence-corrected chi connectivity index (χ3v) is 4.42. The molecule has 17 heavy (non-hydrogen) atoms. The van der Waals surface area contributed by atoms with Gasteiger partial charge in [-0.3, -0.25) is 0 Å². The summed E-state index contributed by atoms with van der Waals surface area (Å²) in [6.07, 6.45) is 1.55. The Kier molecular flexibility index (Phi) is 4.20. The monoisotopic (exact) mass is 312 g/mol. The second-order valence-corrected chi connectivity index (χ2v) is 5.55. The summed E-state index contributed by atoms with van der Waals surface area (Å²) < 4.78 is 2.83. The van der Waals surface area contributed by atoms with Gasteiger partial charge in [0.15, 0.2) is 5.16 Å². The van der Waals surface area contributed by atoms with Crippen LogP contribution in [0.25, 0.3) is 0 Å². The molecule has 4 nitrogen and oxygen atoms in total. The minimum Gasteiger partial charge on any atom is -0.329 e. The first-order valence-electron chi connectivity index (χ1n) is 5.17. The van der Waals surface area contributed by atoms with Gasteiger partial charge in [-0.2, -0.15) is 5.10 Å². The molecule has 0 saturated carbocycles. The van der Waals surface area contributed by atoms with Crippen molar-refractivity contribution in [2.45, 2.75) is 10.4 Å². The second kappa shape index (κ2) is 5.66. The number of hydrogen-bond donors (Lipinski definition) is 1. The van der Waals surface area contributed by atoms with Crippen LogP contribution in [0, 0.1) is 0 Å². The van der Waals surface area contributed by atoms with Gasteiger partial charge < -0.3 is 5.73 Å². The summed E-state index contributed by atoms with van der Waals surface area (Å²) in [5.41, 5.74) is 7.02. The van der Waals surface area contributed by atoms with Crippen LogP contribution in [0.5, 0.6) is 0 Å². The van der Waals surface area contributed by atoms with E-state index in [4.69, 9.17) is 5.73 Å². The Bertz CT molecular complexity index is 500. The van der Waals surface area contributed by atoms with Crippen molar-refractivity contribution in [3.8, 4) is 0 Å². The van der Waals surface area contributed by atoms with Crippen molar-refractivity contribution in [3.05, 3.63) is 40.6 Å². The molecule has 0 amide bonds. The Morgan fingerprint density at radius 2 is 2.24 bits per heavy atom. The molecule has 2 aromatic rings. The van der Waals surface area contributed by atoms with Crippen LogP contribution in [0.15, 0.2) is 40.2 Å². The number of aromatic nitrogens is 3. The summed E-state index contributed by atoms with van der Waals surface area (Å²) >= 11 is 5.17. The highest BCUT2D eigenvalue weighted by atomic mass is 79.9. The smallest absolute Gasteiger partial charge is 0.186 e. The van der Waals surface area contributed by atoms with E-state index in [1.807, 2.05) is 25.2 Å². The zero-order valence-corrected chi connectivity index (χ0v) is 11.8. The molecule has 0 fully saturated rings. The molecule has 0 saturated heterocycles. The predicted octanol–water partition coefficient (Wildman–Crippen LogP) is 2.37. The van der Waals surface area contributed by atoms with E-state index in [1.54, 1.807) is 22.8 Å². The van der Waals surface area contributed by atoms with Gasteiger partial charge in [-0.05, 0) is 11.6 Å². The van der Waals surface area contributed by atoms with E-state index in [0.29, 0.717) is 6.54 Å². The molecule has 0 spiro atoms. The Balaban J connectivity index is 2.23. The van der Waals surface area contributed by atoms with Crippen molar-refractivity contribution >= 4 is 27.7 Å². The molecule has 0 aliphatic carbocycles. The predicted molar refractivity (Wildman–Crippen MR) is 72.8 cm³/mol. The van der Waals surface area contributed by atoms with Gasteiger partial charge in [0.1, 0.15) is 6.33 Å². The van der Waals surface area contributed by atoms with Gasteiger partial charge in [0.05, 0.1) is 5.25 Å². The molecule has 2 rings (SSSR count). The first-order valence-corrected chi connectivity index (χ1v) is 6.84. The molecule has 6 heteroatoms. The first-order chi connectivity index (χ1) is 8.22. The normalized spacial score (nSPS) is 12.6. The highest BCUT2D eigenvalue weighted by Gasteiger charge is 2.16. The van der Waals surface area contributed by atoms with E-state index in [2.05, 4.69) is 32.1 Å². The van der Waals surface area contributed by atoms with Gasteiger partial charge in [-0.25, -0.2) is 9.67 Å². The second-order valence-electron chi connectivity index (χ2n) is 3.53. The minimum atomic E-state index is 0.175. The van der Waals surface area contributed by atoms with Gasteiger partial charge in [0, 0.05) is 18.1 Å². The largest absolute Gasteiger partial charge is 0.329 e. The average molecular weight is 313 g/mol. The quantitative estimate of drug-likeness (QED) is 0.881. The zero-order chi connectivity index (χ0) is 12.3. The van der Waals surface area contributed by atoms with E-state index in [-0.39, 0.29) is 5.25 Å². The van der Waals surface area contributed by atoms with Crippen LogP contribution in [0.3, 0.4) is 0 Å². The van der Waals surface area contributed by atoms with Crippen molar-refractivity contribution in [1.29, 1.82) is 0 Å². The fraction of sp³-hybridized carbons (Fsp3) is 0.273. The Morgan fingerprint density at radius 3 is 2.82 bits per heavy atom. The van der Waals surface area contributed by atoms with Crippen LogP contribution in [-0.4, -0.2) is 21.3 Å². The lowest BCUT2D eigenvalue weighted by atomic mass is 10.1. The average Bonchev–Trinajstić information content (AvgIpc) is 2.73. The molecule has 1 atom stereocenters. The van der Waals surface area contributed by atoms with Crippen LogP contribution >= 0.6 is 27.7 Å². The molecular formula is C11H13BrN4S. The first kappa shape index (κ1) is 12.6. The van der Waals surface area contributed by atoms with E-state index in [9.17, 15) is 0 Å². The van der Waals surface area contributed by atoms with Gasteiger partial charge in [0.2, 0.25) is 0 Å². The van der Waals surface area contributed by atoms with Crippen LogP contribution in [-0.2, 0) is 7.05 Å². The lowest BCUT2D eigenvalue weighted by Gasteiger charge is -2.15. The summed E-state index contributed by atoms with van der Waals surface area (Å²) in [6.45, 7) is 0.556. The fourth-order valence-corrected chi connectivity index (χ4v) is 3.20. The standard InChI is InChI=1S/C11H13BrN4S/c1-16-11(14-7-15-16)17-10(6-13)8-4-2-3-5-9(8)12/h2-5,7,10H,6,13H2,1H3. The number of thioether (sulfide) groups is 1. The minimum absolute atomic E-state index is 0.175. The molecule has 90 valence electrons. The lowest BCUT2D eigenvalue weighted by molar-refractivity contribution is 0.682. The van der Waals surface area contributed by atoms with Gasteiger partial charge in [-0.15, -0.1) is 0 Å². The van der Waals surface area contributed by atoms with Crippen molar-refractivity contribution in [2.75, 3.05) is 6.54 Å². The molecule has 0 bridgehead atoms. The van der Waals surface area contributed by atoms with Crippen molar-refractivity contribution in [2.24, 2.45) is 12.8 Å². The maximum atomic E-state index is 5.84. The number of benzene rings is 1. The van der Waals surface area contributed by atoms with Crippen LogP contribution in [0.2, 0.25) is 0 Å². The Morgan fingerprint density at radius 1 is 1.47 bits per heavy atom. The Hall–Kier alpha value is -0.850. The number of rotatable bonds is 4. The Labute approximate surface area is 113 Å². The maximum absolute atomic E-state index is 5.84. The molecule has 2 N–H and O–H groups in total. The molecule has 1 unspecified atom stereocenters. The molecule has 1 heterocycles. The SMILES string of the molecule is Cn1ncnc1SC(CN)c1ccccc1Br. The topological polar surface area (TPSA) is 56.7 Å². The molecule has 1 aromatic heterocycles. The summed E-state index contributed by atoms with van der Waals surface area (Å²) in [5, 5.41) is 5.10. The lowest BCUT2D eigenvalue weighted by Crippen LogP contribution is -2.11. The summed E-state index contributed by atoms with van der Waals surface area (Å²) in [5.74, 6) is 0. The number of nitrogens with zero attached hydrogens (tertiary/aromatic N) is 3. The number of hydrogen-bond acceptors (Lipinski definition) is 4. The van der Waals surface area contributed by atoms with E-state index < -0.39 is 0 Å². The van der Waals surface area contributed by atoms with Crippen LogP contribution < -0.4 is 5.73 Å². The highest BCUT2D eigenvalue weighted by Crippen LogP contribution is 2.36. The zero-order valence-electron chi connectivity index (χ0n) is 9.38. The van der Waals surface area contributed by atoms with Crippen molar-refractivity contribution < 1.29 is 0 Å². The molecular weight excluding hydrogens is 300 g/mol.